The molecule has 64 valence electrons. The van der Waals surface area contributed by atoms with Crippen LogP contribution in [-0.2, 0) is 17.9 Å². The van der Waals surface area contributed by atoms with Crippen molar-refractivity contribution in [2.45, 2.75) is 13.0 Å². The predicted molar refractivity (Wildman–Crippen MR) is 42.6 cm³/mol. The number of aliphatic hydroxyl groups excluding tert-OH is 1. The van der Waals surface area contributed by atoms with Crippen molar-refractivity contribution in [1.29, 1.82) is 0 Å². The van der Waals surface area contributed by atoms with Crippen LogP contribution in [0.5, 0.6) is 5.75 Å². The summed E-state index contributed by atoms with van der Waals surface area (Å²) in [6, 6.07) is 5.74. The van der Waals surface area contributed by atoms with E-state index in [1.54, 1.807) is 0 Å². The fraction of sp³-hybridized carbons (Fsp3) is 0.333. The van der Waals surface area contributed by atoms with Gasteiger partial charge in [-0.1, -0.05) is 12.1 Å². The molecule has 0 unspecified atom stereocenters. The van der Waals surface area contributed by atoms with Gasteiger partial charge in [-0.05, 0) is 18.1 Å². The summed E-state index contributed by atoms with van der Waals surface area (Å²) in [6.07, 6.45) is 0.663. The van der Waals surface area contributed by atoms with Gasteiger partial charge in [0.15, 0.2) is 5.75 Å². The topological polar surface area (TPSA) is 38.7 Å². The van der Waals surface area contributed by atoms with Crippen LogP contribution in [0.15, 0.2) is 18.2 Å². The maximum atomic E-state index is 8.77. The largest absolute Gasteiger partial charge is 0.396 e. The lowest BCUT2D eigenvalue weighted by Crippen LogP contribution is -1.94. The molecule has 0 saturated heterocycles. The maximum absolute atomic E-state index is 8.77. The summed E-state index contributed by atoms with van der Waals surface area (Å²) in [5.74, 6) is 0.779. The van der Waals surface area contributed by atoms with Crippen molar-refractivity contribution >= 4 is 0 Å². The molecule has 3 heteroatoms. The molecule has 2 rings (SSSR count). The summed E-state index contributed by atoms with van der Waals surface area (Å²) in [5.41, 5.74) is 2.17. The highest BCUT2D eigenvalue weighted by Crippen LogP contribution is 2.28. The zero-order valence-electron chi connectivity index (χ0n) is 6.62. The van der Waals surface area contributed by atoms with Crippen LogP contribution in [0.3, 0.4) is 0 Å². The Hall–Kier alpha value is -1.06. The van der Waals surface area contributed by atoms with Gasteiger partial charge >= 0.3 is 0 Å². The third kappa shape index (κ3) is 1.17. The molecular weight excluding hydrogens is 156 g/mol. The van der Waals surface area contributed by atoms with Crippen molar-refractivity contribution < 1.29 is 14.9 Å². The van der Waals surface area contributed by atoms with Gasteiger partial charge in [-0.2, -0.15) is 4.89 Å². The van der Waals surface area contributed by atoms with E-state index in [2.05, 4.69) is 0 Å². The van der Waals surface area contributed by atoms with Gasteiger partial charge in [0.1, 0.15) is 6.61 Å². The molecule has 0 aliphatic carbocycles. The van der Waals surface area contributed by atoms with Gasteiger partial charge in [0, 0.05) is 12.2 Å². The Morgan fingerprint density at radius 1 is 1.42 bits per heavy atom. The molecule has 0 bridgehead atoms. The highest BCUT2D eigenvalue weighted by atomic mass is 17.2. The van der Waals surface area contributed by atoms with Crippen molar-refractivity contribution in [3.63, 3.8) is 0 Å². The van der Waals surface area contributed by atoms with Crippen molar-refractivity contribution in [3.8, 4) is 5.75 Å². The Labute approximate surface area is 70.5 Å². The van der Waals surface area contributed by atoms with Gasteiger partial charge in [0.2, 0.25) is 0 Å². The van der Waals surface area contributed by atoms with E-state index in [0.29, 0.717) is 13.0 Å². The first-order valence-corrected chi connectivity index (χ1v) is 3.93. The smallest absolute Gasteiger partial charge is 0.171 e. The van der Waals surface area contributed by atoms with Gasteiger partial charge in [-0.25, -0.2) is 0 Å². The quantitative estimate of drug-likeness (QED) is 0.667. The average molecular weight is 166 g/mol. The minimum absolute atomic E-state index is 0.163. The summed E-state index contributed by atoms with van der Waals surface area (Å²) in [5, 5.41) is 8.77. The molecule has 1 aromatic rings. The van der Waals surface area contributed by atoms with Gasteiger partial charge < -0.3 is 9.99 Å². The predicted octanol–water partition coefficient (Wildman–Crippen LogP) is 1.05. The molecule has 1 heterocycles. The van der Waals surface area contributed by atoms with Crippen molar-refractivity contribution in [2.24, 2.45) is 0 Å². The Kier molecular flexibility index (Phi) is 1.98. The number of hydrogen-bond acceptors (Lipinski definition) is 3. The van der Waals surface area contributed by atoms with E-state index < -0.39 is 0 Å². The summed E-state index contributed by atoms with van der Waals surface area (Å²) >= 11 is 0. The molecule has 1 aromatic carbocycles. The average Bonchev–Trinajstić information content (AvgIpc) is 2.53. The van der Waals surface area contributed by atoms with Crippen LogP contribution in [0.2, 0.25) is 0 Å². The molecule has 0 radical (unpaired) electrons. The molecule has 3 nitrogen and oxygen atoms in total. The second-order valence-corrected chi connectivity index (χ2v) is 2.71. The zero-order chi connectivity index (χ0) is 8.39. The van der Waals surface area contributed by atoms with Crippen LogP contribution >= 0.6 is 0 Å². The minimum Gasteiger partial charge on any atom is -0.396 e. The number of benzene rings is 1. The Morgan fingerprint density at radius 3 is 3.17 bits per heavy atom. The van der Waals surface area contributed by atoms with Crippen LogP contribution in [0.1, 0.15) is 11.1 Å². The van der Waals surface area contributed by atoms with Crippen molar-refractivity contribution in [2.75, 3.05) is 6.61 Å². The lowest BCUT2D eigenvalue weighted by atomic mass is 10.1. The van der Waals surface area contributed by atoms with Crippen LogP contribution in [0.4, 0.5) is 0 Å². The van der Waals surface area contributed by atoms with Crippen LogP contribution < -0.4 is 4.89 Å². The molecule has 1 aliphatic heterocycles. The van der Waals surface area contributed by atoms with Gasteiger partial charge in [-0.15, -0.1) is 0 Å². The summed E-state index contributed by atoms with van der Waals surface area (Å²) < 4.78 is 0. The molecule has 0 amide bonds. The summed E-state index contributed by atoms with van der Waals surface area (Å²) in [4.78, 5) is 9.72. The summed E-state index contributed by atoms with van der Waals surface area (Å²) in [7, 11) is 0. The lowest BCUT2D eigenvalue weighted by molar-refractivity contribution is -0.194. The highest BCUT2D eigenvalue weighted by molar-refractivity contribution is 5.40. The minimum atomic E-state index is 0.163. The van der Waals surface area contributed by atoms with E-state index in [9.17, 15) is 0 Å². The fourth-order valence-electron chi connectivity index (χ4n) is 1.36. The molecule has 0 aromatic heterocycles. The molecule has 0 fully saturated rings. The number of aliphatic hydroxyl groups is 1. The van der Waals surface area contributed by atoms with Crippen LogP contribution in [0.25, 0.3) is 0 Å². The van der Waals surface area contributed by atoms with E-state index >= 15 is 0 Å². The highest BCUT2D eigenvalue weighted by Gasteiger charge is 2.16. The number of fused-ring (bicyclic) bond motifs is 1. The SMILES string of the molecule is OCCc1cccc2c1COO2. The van der Waals surface area contributed by atoms with E-state index in [1.807, 2.05) is 18.2 Å². The summed E-state index contributed by atoms with van der Waals surface area (Å²) in [6.45, 7) is 0.655. The molecule has 12 heavy (non-hydrogen) atoms. The molecular formula is C9H10O3. The second-order valence-electron chi connectivity index (χ2n) is 2.71. The number of rotatable bonds is 2. The monoisotopic (exact) mass is 166 g/mol. The molecule has 0 saturated carbocycles. The van der Waals surface area contributed by atoms with Gasteiger partial charge in [-0.3, -0.25) is 0 Å². The molecule has 0 spiro atoms. The zero-order valence-corrected chi connectivity index (χ0v) is 6.62. The lowest BCUT2D eigenvalue weighted by Gasteiger charge is -2.01. The third-order valence-electron chi connectivity index (χ3n) is 1.96. The van der Waals surface area contributed by atoms with Crippen LogP contribution in [0, 0.1) is 0 Å². The van der Waals surface area contributed by atoms with E-state index in [1.165, 1.54) is 0 Å². The fourth-order valence-corrected chi connectivity index (χ4v) is 1.36. The Bertz CT molecular complexity index is 283. The van der Waals surface area contributed by atoms with E-state index in [0.717, 1.165) is 16.9 Å². The van der Waals surface area contributed by atoms with E-state index in [4.69, 9.17) is 14.9 Å². The molecule has 1 aliphatic rings. The first-order chi connectivity index (χ1) is 5.92. The van der Waals surface area contributed by atoms with Gasteiger partial charge in [0.05, 0.1) is 0 Å². The Balaban J connectivity index is 2.36. The van der Waals surface area contributed by atoms with Crippen molar-refractivity contribution in [3.05, 3.63) is 29.3 Å². The molecule has 1 N–H and O–H groups in total. The second kappa shape index (κ2) is 3.13. The first-order valence-electron chi connectivity index (χ1n) is 3.93. The van der Waals surface area contributed by atoms with Gasteiger partial charge in [0.25, 0.3) is 0 Å². The standard InChI is InChI=1S/C9H10O3/c10-5-4-7-2-1-3-9-8(7)6-11-12-9/h1-3,10H,4-6H2. The normalized spacial score (nSPS) is 14.1. The maximum Gasteiger partial charge on any atom is 0.171 e. The third-order valence-corrected chi connectivity index (χ3v) is 1.96. The number of hydrogen-bond donors (Lipinski definition) is 1. The van der Waals surface area contributed by atoms with Crippen LogP contribution in [-0.4, -0.2) is 11.7 Å². The first kappa shape index (κ1) is 7.58. The Morgan fingerprint density at radius 2 is 2.33 bits per heavy atom. The van der Waals surface area contributed by atoms with E-state index in [-0.39, 0.29) is 6.61 Å². The molecule has 0 atom stereocenters. The van der Waals surface area contributed by atoms with Crippen molar-refractivity contribution in [1.82, 2.24) is 0 Å².